The Morgan fingerprint density at radius 3 is 2.85 bits per heavy atom. The lowest BCUT2D eigenvalue weighted by atomic mass is 10.1. The minimum absolute atomic E-state index is 0.0613. The Morgan fingerprint density at radius 2 is 2.15 bits per heavy atom. The monoisotopic (exact) mass is 273 g/mol. The van der Waals surface area contributed by atoms with Gasteiger partial charge in [-0.05, 0) is 19.1 Å². The summed E-state index contributed by atoms with van der Waals surface area (Å²) in [6.07, 6.45) is 0. The Kier molecular flexibility index (Phi) is 4.53. The molecular weight excluding hydrogens is 254 g/mol. The molecule has 0 radical (unpaired) electrons. The number of anilines is 1. The Morgan fingerprint density at radius 1 is 1.40 bits per heavy atom. The number of pyridine rings is 1. The van der Waals surface area contributed by atoms with E-state index in [0.29, 0.717) is 12.4 Å². The number of hydrogen-bond donors (Lipinski definition) is 2. The molecular formula is C15H19N3O2. The predicted octanol–water partition coefficient (Wildman–Crippen LogP) is 1.30. The van der Waals surface area contributed by atoms with Crippen LogP contribution in [0.4, 0.5) is 5.82 Å². The third kappa shape index (κ3) is 3.05. The Bertz CT molecular complexity index is 613. The molecule has 0 aliphatic carbocycles. The van der Waals surface area contributed by atoms with Crippen molar-refractivity contribution in [1.82, 2.24) is 10.3 Å². The molecule has 0 saturated carbocycles. The van der Waals surface area contributed by atoms with Crippen LogP contribution in [0.2, 0.25) is 0 Å². The fourth-order valence-corrected chi connectivity index (χ4v) is 2.14. The smallest absolute Gasteiger partial charge is 0.239 e. The van der Waals surface area contributed by atoms with Gasteiger partial charge >= 0.3 is 0 Å². The molecule has 1 heterocycles. The van der Waals surface area contributed by atoms with Crippen molar-refractivity contribution in [2.45, 2.75) is 13.5 Å². The fourth-order valence-electron chi connectivity index (χ4n) is 2.14. The Balaban J connectivity index is 2.34. The van der Waals surface area contributed by atoms with Crippen molar-refractivity contribution in [1.29, 1.82) is 0 Å². The van der Waals surface area contributed by atoms with Crippen LogP contribution in [0.25, 0.3) is 10.9 Å². The van der Waals surface area contributed by atoms with Gasteiger partial charge in [0, 0.05) is 24.5 Å². The number of rotatable bonds is 5. The van der Waals surface area contributed by atoms with E-state index in [1.807, 2.05) is 37.3 Å². The second kappa shape index (κ2) is 6.34. The van der Waals surface area contributed by atoms with Crippen LogP contribution in [0.1, 0.15) is 12.5 Å². The summed E-state index contributed by atoms with van der Waals surface area (Å²) < 4.78 is 0. The zero-order valence-electron chi connectivity index (χ0n) is 11.8. The number of benzene rings is 1. The zero-order chi connectivity index (χ0) is 14.5. The molecule has 1 aromatic carbocycles. The summed E-state index contributed by atoms with van der Waals surface area (Å²) in [5, 5.41) is 13.2. The Hall–Kier alpha value is -2.14. The maximum Gasteiger partial charge on any atom is 0.239 e. The van der Waals surface area contributed by atoms with Gasteiger partial charge in [0.05, 0.1) is 18.7 Å². The predicted molar refractivity (Wildman–Crippen MR) is 79.6 cm³/mol. The molecule has 0 unspecified atom stereocenters. The quantitative estimate of drug-likeness (QED) is 0.862. The van der Waals surface area contributed by atoms with Crippen molar-refractivity contribution in [3.05, 3.63) is 35.9 Å². The molecule has 0 saturated heterocycles. The molecule has 1 aromatic heterocycles. The number of aromatic nitrogens is 1. The lowest BCUT2D eigenvalue weighted by molar-refractivity contribution is -0.119. The van der Waals surface area contributed by atoms with Gasteiger partial charge in [-0.1, -0.05) is 18.2 Å². The van der Waals surface area contributed by atoms with E-state index in [4.69, 9.17) is 0 Å². The highest BCUT2D eigenvalue weighted by Crippen LogP contribution is 2.22. The number of fused-ring (bicyclic) bond motifs is 1. The molecule has 5 nitrogen and oxygen atoms in total. The summed E-state index contributed by atoms with van der Waals surface area (Å²) in [4.78, 5) is 17.9. The zero-order valence-corrected chi connectivity index (χ0v) is 11.8. The molecule has 0 bridgehead atoms. The van der Waals surface area contributed by atoms with Crippen LogP contribution in [-0.2, 0) is 11.4 Å². The van der Waals surface area contributed by atoms with Crippen LogP contribution in [0.15, 0.2) is 30.3 Å². The van der Waals surface area contributed by atoms with Crippen LogP contribution in [-0.4, -0.2) is 36.1 Å². The number of para-hydroxylation sites is 1. The number of hydrogen-bond acceptors (Lipinski definition) is 4. The maximum absolute atomic E-state index is 11.6. The van der Waals surface area contributed by atoms with E-state index in [2.05, 4.69) is 10.3 Å². The molecule has 2 N–H and O–H groups in total. The standard InChI is InChI=1S/C15H19N3O2/c1-3-16-14(20)9-18(2)15-12(10-19)8-11-6-4-5-7-13(11)17-15/h4-8,19H,3,9-10H2,1-2H3,(H,16,20). The second-order valence-corrected chi connectivity index (χ2v) is 4.63. The number of carbonyl (C=O) groups excluding carboxylic acids is 1. The van der Waals surface area contributed by atoms with Crippen molar-refractivity contribution >= 4 is 22.6 Å². The van der Waals surface area contributed by atoms with Gasteiger partial charge in [0.15, 0.2) is 0 Å². The van der Waals surface area contributed by atoms with Crippen molar-refractivity contribution in [2.24, 2.45) is 0 Å². The molecule has 106 valence electrons. The fraction of sp³-hybridized carbons (Fsp3) is 0.333. The van der Waals surface area contributed by atoms with Gasteiger partial charge in [0.25, 0.3) is 0 Å². The van der Waals surface area contributed by atoms with E-state index < -0.39 is 0 Å². The lowest BCUT2D eigenvalue weighted by Crippen LogP contribution is -2.35. The molecule has 0 fully saturated rings. The van der Waals surface area contributed by atoms with E-state index in [0.717, 1.165) is 16.5 Å². The SMILES string of the molecule is CCNC(=O)CN(C)c1nc2ccccc2cc1CO. The normalized spacial score (nSPS) is 10.6. The molecule has 1 amide bonds. The molecule has 0 aliphatic heterocycles. The lowest BCUT2D eigenvalue weighted by Gasteiger charge is -2.20. The van der Waals surface area contributed by atoms with Gasteiger partial charge in [-0.3, -0.25) is 4.79 Å². The van der Waals surface area contributed by atoms with Crippen molar-refractivity contribution in [3.63, 3.8) is 0 Å². The second-order valence-electron chi connectivity index (χ2n) is 4.63. The summed E-state index contributed by atoms with van der Waals surface area (Å²) >= 11 is 0. The number of likely N-dealkylation sites (N-methyl/N-ethyl adjacent to an activating group) is 2. The molecule has 0 aliphatic rings. The average Bonchev–Trinajstić information content (AvgIpc) is 2.45. The number of carbonyl (C=O) groups is 1. The van der Waals surface area contributed by atoms with E-state index in [1.54, 1.807) is 11.9 Å². The van der Waals surface area contributed by atoms with Gasteiger partial charge in [-0.25, -0.2) is 4.98 Å². The summed E-state index contributed by atoms with van der Waals surface area (Å²) in [6, 6.07) is 9.63. The average molecular weight is 273 g/mol. The number of amides is 1. The first-order valence-corrected chi connectivity index (χ1v) is 6.63. The van der Waals surface area contributed by atoms with Crippen LogP contribution in [0.3, 0.4) is 0 Å². The highest BCUT2D eigenvalue weighted by atomic mass is 16.3. The van der Waals surface area contributed by atoms with Crippen LogP contribution >= 0.6 is 0 Å². The first kappa shape index (κ1) is 14.3. The topological polar surface area (TPSA) is 65.5 Å². The van der Waals surface area contributed by atoms with Gasteiger partial charge in [0.2, 0.25) is 5.91 Å². The van der Waals surface area contributed by atoms with Crippen molar-refractivity contribution in [3.8, 4) is 0 Å². The highest BCUT2D eigenvalue weighted by Gasteiger charge is 2.13. The summed E-state index contributed by atoms with van der Waals surface area (Å²) in [6.45, 7) is 2.59. The van der Waals surface area contributed by atoms with Gasteiger partial charge in [-0.15, -0.1) is 0 Å². The van der Waals surface area contributed by atoms with Gasteiger partial charge < -0.3 is 15.3 Å². The van der Waals surface area contributed by atoms with Gasteiger partial charge in [-0.2, -0.15) is 0 Å². The summed E-state index contributed by atoms with van der Waals surface area (Å²) in [7, 11) is 1.80. The number of nitrogens with zero attached hydrogens (tertiary/aromatic N) is 2. The van der Waals surface area contributed by atoms with E-state index in [9.17, 15) is 9.90 Å². The van der Waals surface area contributed by atoms with Crippen LogP contribution in [0, 0.1) is 0 Å². The minimum atomic E-state index is -0.104. The number of nitrogens with one attached hydrogen (secondary N) is 1. The number of aliphatic hydroxyl groups excluding tert-OH is 1. The molecule has 2 rings (SSSR count). The third-order valence-corrected chi connectivity index (χ3v) is 3.07. The first-order chi connectivity index (χ1) is 9.65. The van der Waals surface area contributed by atoms with Crippen LogP contribution < -0.4 is 10.2 Å². The van der Waals surface area contributed by atoms with Crippen molar-refractivity contribution in [2.75, 3.05) is 25.0 Å². The third-order valence-electron chi connectivity index (χ3n) is 3.07. The largest absolute Gasteiger partial charge is 0.392 e. The van der Waals surface area contributed by atoms with Crippen LogP contribution in [0.5, 0.6) is 0 Å². The molecule has 0 spiro atoms. The summed E-state index contributed by atoms with van der Waals surface area (Å²) in [5.41, 5.74) is 1.57. The van der Waals surface area contributed by atoms with Gasteiger partial charge in [0.1, 0.15) is 5.82 Å². The number of aliphatic hydroxyl groups is 1. The molecule has 20 heavy (non-hydrogen) atoms. The van der Waals surface area contributed by atoms with E-state index >= 15 is 0 Å². The van der Waals surface area contributed by atoms with Crippen molar-refractivity contribution < 1.29 is 9.90 Å². The highest BCUT2D eigenvalue weighted by molar-refractivity contribution is 5.84. The molecule has 5 heteroatoms. The first-order valence-electron chi connectivity index (χ1n) is 6.63. The van der Waals surface area contributed by atoms with E-state index in [-0.39, 0.29) is 19.1 Å². The molecule has 0 atom stereocenters. The minimum Gasteiger partial charge on any atom is -0.392 e. The maximum atomic E-state index is 11.6. The summed E-state index contributed by atoms with van der Waals surface area (Å²) in [5.74, 6) is 0.575. The molecule has 2 aromatic rings. The Labute approximate surface area is 118 Å². The van der Waals surface area contributed by atoms with E-state index in [1.165, 1.54) is 0 Å².